The van der Waals surface area contributed by atoms with Crippen molar-refractivity contribution in [1.29, 1.82) is 0 Å². The van der Waals surface area contributed by atoms with Gasteiger partial charge in [-0.15, -0.1) is 15.3 Å². The Morgan fingerprint density at radius 1 is 1.07 bits per heavy atom. The monoisotopic (exact) mass is 585 g/mol. The number of aromatic amines is 1. The Bertz CT molecular complexity index is 1160. The number of carbonyl (C=O) groups is 4. The van der Waals surface area contributed by atoms with E-state index in [1.165, 1.54) is 0 Å². The molecule has 1 aliphatic heterocycles. The maximum atomic E-state index is 12.4. The lowest BCUT2D eigenvalue weighted by Gasteiger charge is -2.15. The molecule has 1 unspecified atom stereocenters. The minimum Gasteiger partial charge on any atom is -0.481 e. The van der Waals surface area contributed by atoms with E-state index in [4.69, 9.17) is 10.8 Å². The van der Waals surface area contributed by atoms with Crippen molar-refractivity contribution >= 4 is 39.3 Å². The highest BCUT2D eigenvalue weighted by molar-refractivity contribution is 7.90. The number of nitrogens with one attached hydrogen (secondary N) is 4. The number of carbonyl (C=O) groups excluding carboxylic acids is 3. The molecule has 18 nitrogen and oxygen atoms in total. The first kappa shape index (κ1) is 32.5. The molecule has 222 valence electrons. The highest BCUT2D eigenvalue weighted by Gasteiger charge is 2.29. The van der Waals surface area contributed by atoms with E-state index in [1.54, 1.807) is 0 Å². The van der Waals surface area contributed by atoms with Crippen LogP contribution in [0.25, 0.3) is 0 Å². The fourth-order valence-electron chi connectivity index (χ4n) is 3.87. The maximum Gasteiger partial charge on any atom is 0.310 e. The summed E-state index contributed by atoms with van der Waals surface area (Å²) in [5.74, 6) is -3.39. The predicted octanol–water partition coefficient (Wildman–Crippen LogP) is -1.29. The van der Waals surface area contributed by atoms with Gasteiger partial charge in [0, 0.05) is 26.1 Å². The van der Waals surface area contributed by atoms with Crippen molar-refractivity contribution in [3.63, 3.8) is 0 Å². The Balaban J connectivity index is 1.59. The zero-order chi connectivity index (χ0) is 29.4. The Hall–Kier alpha value is -3.71. The molecule has 1 aromatic rings. The summed E-state index contributed by atoms with van der Waals surface area (Å²) in [7, 11) is -3.88. The summed E-state index contributed by atoms with van der Waals surface area (Å²) in [5, 5.41) is 38.8. The van der Waals surface area contributed by atoms with Crippen LogP contribution < -0.4 is 21.1 Å². The molecule has 2 heterocycles. The molecule has 19 heteroatoms. The number of aromatic nitrogens is 4. The molecule has 2 amide bonds. The second-order valence-corrected chi connectivity index (χ2v) is 10.8. The Morgan fingerprint density at radius 3 is 2.52 bits per heavy atom. The average molecular weight is 586 g/mol. The molecule has 0 aromatic carbocycles. The van der Waals surface area contributed by atoms with Gasteiger partial charge in [0.1, 0.15) is 13.0 Å². The van der Waals surface area contributed by atoms with Crippen molar-refractivity contribution in [3.8, 4) is 0 Å². The van der Waals surface area contributed by atoms with Crippen LogP contribution in [0.3, 0.4) is 0 Å². The number of aliphatic carboxylic acids is 1. The molecule has 0 bridgehead atoms. The number of ketones is 1. The second-order valence-electron chi connectivity index (χ2n) is 9.01. The molecule has 2 atom stereocenters. The quantitative estimate of drug-likeness (QED) is 0.0558. The standard InChI is InChI=1S/C21H35N11O7S/c22-13-24-15(17(33)11-20(36)37)6-3-4-8-23-18(34)7-2-1-5-9-40(38,39)29-19(35)10-14(16-12-25-30-26-16)21-27-31-32-28-21/h14-15,24H,1-13,22H2,(H,23,34)(H,29,35)(H,36,37)(H,27,28,31,32)/t14?,15-/m0/s1. The first-order valence-electron chi connectivity index (χ1n) is 12.8. The number of Topliss-reactive ketones (excluding diaryl/α,β-unsaturated/α-hetero) is 1. The molecule has 0 aliphatic carbocycles. The van der Waals surface area contributed by atoms with E-state index < -0.39 is 46.1 Å². The second kappa shape index (κ2) is 17.1. The number of hydrogen-bond acceptors (Lipinski definition) is 14. The van der Waals surface area contributed by atoms with Gasteiger partial charge < -0.3 is 16.2 Å². The normalized spacial score (nSPS) is 14.4. The minimum absolute atomic E-state index is 0.0479. The number of rotatable bonds is 21. The van der Waals surface area contributed by atoms with Crippen LogP contribution >= 0.6 is 0 Å². The summed E-state index contributed by atoms with van der Waals surface area (Å²) in [6, 6.07) is -0.640. The number of tetrazole rings is 1. The Morgan fingerprint density at radius 2 is 1.88 bits per heavy atom. The number of carboxylic acids is 1. The third-order valence-corrected chi connectivity index (χ3v) is 7.21. The van der Waals surface area contributed by atoms with Gasteiger partial charge in [0.2, 0.25) is 21.8 Å². The van der Waals surface area contributed by atoms with Gasteiger partial charge in [0.15, 0.2) is 11.6 Å². The number of nitrogens with two attached hydrogens (primary N) is 1. The van der Waals surface area contributed by atoms with Gasteiger partial charge >= 0.3 is 5.97 Å². The van der Waals surface area contributed by atoms with E-state index in [0.717, 1.165) is 0 Å². The van der Waals surface area contributed by atoms with Gasteiger partial charge in [-0.3, -0.25) is 29.2 Å². The van der Waals surface area contributed by atoms with E-state index in [0.29, 0.717) is 44.4 Å². The average Bonchev–Trinajstić information content (AvgIpc) is 3.60. The smallest absolute Gasteiger partial charge is 0.310 e. The van der Waals surface area contributed by atoms with Gasteiger partial charge in [-0.1, -0.05) is 11.6 Å². The lowest BCUT2D eigenvalue weighted by atomic mass is 9.98. The molecule has 0 saturated carbocycles. The number of unbranched alkanes of at least 4 members (excludes halogenated alkanes) is 3. The van der Waals surface area contributed by atoms with Gasteiger partial charge in [-0.2, -0.15) is 10.3 Å². The largest absolute Gasteiger partial charge is 0.481 e. The fourth-order valence-corrected chi connectivity index (χ4v) is 4.98. The summed E-state index contributed by atoms with van der Waals surface area (Å²) < 4.78 is 26.7. The van der Waals surface area contributed by atoms with Crippen molar-refractivity contribution in [2.45, 2.75) is 69.7 Å². The summed E-state index contributed by atoms with van der Waals surface area (Å²) in [6.07, 6.45) is 2.14. The topological polar surface area (TPSA) is 276 Å². The van der Waals surface area contributed by atoms with E-state index in [2.05, 4.69) is 46.7 Å². The van der Waals surface area contributed by atoms with E-state index in [-0.39, 0.29) is 50.0 Å². The van der Waals surface area contributed by atoms with E-state index in [9.17, 15) is 27.6 Å². The van der Waals surface area contributed by atoms with Crippen LogP contribution in [-0.2, 0) is 29.2 Å². The van der Waals surface area contributed by atoms with Crippen LogP contribution in [0, 0.1) is 0 Å². The van der Waals surface area contributed by atoms with Gasteiger partial charge in [-0.05, 0) is 37.3 Å². The zero-order valence-corrected chi connectivity index (χ0v) is 22.7. The minimum atomic E-state index is -3.88. The summed E-state index contributed by atoms with van der Waals surface area (Å²) in [5.41, 5.74) is 5.82. The van der Waals surface area contributed by atoms with Crippen molar-refractivity contribution in [2.75, 3.05) is 25.5 Å². The fraction of sp³-hybridized carbons (Fsp3) is 0.714. The highest BCUT2D eigenvalue weighted by atomic mass is 32.2. The number of H-pyrrole nitrogens is 1. The third kappa shape index (κ3) is 12.4. The van der Waals surface area contributed by atoms with Crippen LogP contribution in [0.1, 0.15) is 69.5 Å². The number of carboxylic acid groups (broad SMARTS) is 1. The number of hydrogen-bond donors (Lipinski definition) is 6. The molecule has 2 rings (SSSR count). The van der Waals surface area contributed by atoms with Crippen LogP contribution in [0.4, 0.5) is 0 Å². The van der Waals surface area contributed by atoms with Gasteiger partial charge in [-0.25, -0.2) is 8.42 Å². The number of amides is 2. The van der Waals surface area contributed by atoms with Crippen molar-refractivity contribution in [3.05, 3.63) is 5.82 Å². The summed E-state index contributed by atoms with van der Waals surface area (Å²) in [4.78, 5) is 47.0. The van der Waals surface area contributed by atoms with Gasteiger partial charge in [0.05, 0.1) is 23.4 Å². The van der Waals surface area contributed by atoms with Crippen LogP contribution in [0.15, 0.2) is 15.4 Å². The molecular weight excluding hydrogens is 550 g/mol. The van der Waals surface area contributed by atoms with Crippen molar-refractivity contribution < 1.29 is 32.7 Å². The van der Waals surface area contributed by atoms with Crippen LogP contribution in [-0.4, -0.2) is 95.0 Å². The third-order valence-electron chi connectivity index (χ3n) is 5.84. The van der Waals surface area contributed by atoms with Crippen molar-refractivity contribution in [2.24, 2.45) is 21.2 Å². The van der Waals surface area contributed by atoms with Gasteiger partial charge in [0.25, 0.3) is 0 Å². The highest BCUT2D eigenvalue weighted by Crippen LogP contribution is 2.20. The summed E-state index contributed by atoms with van der Waals surface area (Å²) >= 11 is 0. The van der Waals surface area contributed by atoms with Crippen LogP contribution in [0.5, 0.6) is 0 Å². The lowest BCUT2D eigenvalue weighted by molar-refractivity contribution is -0.140. The van der Waals surface area contributed by atoms with E-state index in [1.807, 2.05) is 4.72 Å². The number of sulfonamides is 1. The molecule has 0 spiro atoms. The molecule has 0 fully saturated rings. The first-order valence-corrected chi connectivity index (χ1v) is 14.4. The van der Waals surface area contributed by atoms with Crippen molar-refractivity contribution in [1.82, 2.24) is 36.0 Å². The predicted molar refractivity (Wildman–Crippen MR) is 139 cm³/mol. The molecule has 40 heavy (non-hydrogen) atoms. The molecule has 0 radical (unpaired) electrons. The molecule has 1 aliphatic rings. The number of nitrogens with zero attached hydrogens (tertiary/aromatic N) is 6. The van der Waals surface area contributed by atoms with E-state index >= 15 is 0 Å². The Labute approximate surface area is 230 Å². The molecular formula is C21H35N11O7S. The van der Waals surface area contributed by atoms with Crippen LogP contribution in [0.2, 0.25) is 0 Å². The first-order chi connectivity index (χ1) is 19.1. The molecule has 0 saturated heterocycles. The summed E-state index contributed by atoms with van der Waals surface area (Å²) in [6.45, 7) is 0.586. The molecule has 7 N–H and O–H groups in total. The molecule has 1 aromatic heterocycles. The Kier molecular flexibility index (Phi) is 13.9. The SMILES string of the molecule is NCN[C@@H](CCCCNC(=O)CCCCCS(=O)(=O)NC(=O)CC(C1=NN=NC1)c1nn[nH]n1)C(=O)CC(=O)O. The maximum absolute atomic E-state index is 12.4. The lowest BCUT2D eigenvalue weighted by Crippen LogP contribution is -2.40. The zero-order valence-electron chi connectivity index (χ0n) is 21.9.